The predicted molar refractivity (Wildman–Crippen MR) is 51.7 cm³/mol. The number of carboxylic acids is 1. The summed E-state index contributed by atoms with van der Waals surface area (Å²) in [6, 6.07) is -1.47. The second kappa shape index (κ2) is 4.87. The number of carboxylic acid groups (broad SMARTS) is 3. The molecule has 9 nitrogen and oxygen atoms in total. The third kappa shape index (κ3) is 2.56. The number of aliphatic carboxylic acids is 1. The molecule has 0 bridgehead atoms. The number of rotatable bonds is 2. The van der Waals surface area contributed by atoms with E-state index in [1.54, 1.807) is 0 Å². The third-order valence-electron chi connectivity index (χ3n) is 2.46. The number of methoxy groups -OCH3 is 1. The molecule has 0 saturated carbocycles. The lowest BCUT2D eigenvalue weighted by molar-refractivity contribution is -0.154. The van der Waals surface area contributed by atoms with Crippen LogP contribution in [0.15, 0.2) is 0 Å². The Balaban J connectivity index is 2.99. The summed E-state index contributed by atoms with van der Waals surface area (Å²) in [7, 11) is 1.19. The fourth-order valence-electron chi connectivity index (χ4n) is 1.65. The van der Waals surface area contributed by atoms with Crippen molar-refractivity contribution >= 4 is 18.2 Å². The summed E-state index contributed by atoms with van der Waals surface area (Å²) < 4.78 is 4.80. The van der Waals surface area contributed by atoms with Crippen LogP contribution in [0.3, 0.4) is 0 Å². The Morgan fingerprint density at radius 1 is 1.12 bits per heavy atom. The molecule has 1 saturated heterocycles. The van der Waals surface area contributed by atoms with E-state index in [4.69, 9.17) is 20.1 Å². The van der Waals surface area contributed by atoms with Crippen molar-refractivity contribution in [2.24, 2.45) is 0 Å². The topological polar surface area (TPSA) is 128 Å². The maximum absolute atomic E-state index is 10.9. The number of carbonyl (C=O) groups is 3. The first-order valence-electron chi connectivity index (χ1n) is 4.63. The van der Waals surface area contributed by atoms with E-state index in [0.717, 1.165) is 4.90 Å². The molecule has 3 N–H and O–H groups in total. The zero-order chi connectivity index (χ0) is 13.2. The van der Waals surface area contributed by atoms with Gasteiger partial charge in [0.25, 0.3) is 0 Å². The molecule has 0 aromatic heterocycles. The van der Waals surface area contributed by atoms with Crippen LogP contribution in [0, 0.1) is 0 Å². The average molecular weight is 248 g/mol. The highest BCUT2D eigenvalue weighted by Crippen LogP contribution is 2.17. The fourth-order valence-corrected chi connectivity index (χ4v) is 1.65. The molecule has 2 amide bonds. The Morgan fingerprint density at radius 2 is 1.71 bits per heavy atom. The number of piperazine rings is 1. The van der Waals surface area contributed by atoms with E-state index >= 15 is 0 Å². The first-order chi connectivity index (χ1) is 7.88. The van der Waals surface area contributed by atoms with Crippen molar-refractivity contribution in [3.8, 4) is 0 Å². The zero-order valence-corrected chi connectivity index (χ0v) is 8.94. The maximum Gasteiger partial charge on any atom is 0.410 e. The van der Waals surface area contributed by atoms with Crippen molar-refractivity contribution in [1.82, 2.24) is 9.80 Å². The Kier molecular flexibility index (Phi) is 3.73. The van der Waals surface area contributed by atoms with Crippen LogP contribution in [0.1, 0.15) is 0 Å². The molecule has 1 aliphatic heterocycles. The van der Waals surface area contributed by atoms with Gasteiger partial charge in [-0.05, 0) is 0 Å². The highest BCUT2D eigenvalue weighted by Gasteiger charge is 2.43. The molecule has 2 atom stereocenters. The van der Waals surface area contributed by atoms with Gasteiger partial charge in [-0.1, -0.05) is 0 Å². The highest BCUT2D eigenvalue weighted by atomic mass is 16.5. The van der Waals surface area contributed by atoms with Gasteiger partial charge in [0.2, 0.25) is 0 Å². The maximum atomic E-state index is 10.9. The predicted octanol–water partition coefficient (Wildman–Crippen LogP) is -0.614. The van der Waals surface area contributed by atoms with Crippen LogP contribution in [0.4, 0.5) is 9.59 Å². The highest BCUT2D eigenvalue weighted by molar-refractivity contribution is 5.81. The largest absolute Gasteiger partial charge is 0.480 e. The number of ether oxygens (including phenoxy) is 1. The van der Waals surface area contributed by atoms with Crippen molar-refractivity contribution in [1.29, 1.82) is 0 Å². The number of amides is 2. The Morgan fingerprint density at radius 3 is 2.06 bits per heavy atom. The monoisotopic (exact) mass is 248 g/mol. The minimum absolute atomic E-state index is 0.220. The molecular formula is C8H12N2O7. The van der Waals surface area contributed by atoms with Gasteiger partial charge in [-0.3, -0.25) is 4.90 Å². The molecule has 0 aromatic carbocycles. The summed E-state index contributed by atoms with van der Waals surface area (Å²) in [4.78, 5) is 34.0. The summed E-state index contributed by atoms with van der Waals surface area (Å²) in [6.45, 7) is -0.640. The van der Waals surface area contributed by atoms with Gasteiger partial charge < -0.3 is 25.0 Å². The van der Waals surface area contributed by atoms with Gasteiger partial charge >= 0.3 is 18.2 Å². The molecule has 0 radical (unpaired) electrons. The SMILES string of the molecule is COC1CN(C(=O)O)CC(C(=O)O)N1C(=O)O. The van der Waals surface area contributed by atoms with Gasteiger partial charge in [0.1, 0.15) is 0 Å². The van der Waals surface area contributed by atoms with Crippen molar-refractivity contribution in [3.05, 3.63) is 0 Å². The van der Waals surface area contributed by atoms with Gasteiger partial charge in [0, 0.05) is 7.11 Å². The Bertz CT molecular complexity index is 345. The summed E-state index contributed by atoms with van der Waals surface area (Å²) in [5.41, 5.74) is 0. The number of hydrogen-bond acceptors (Lipinski definition) is 4. The molecule has 2 unspecified atom stereocenters. The summed E-state index contributed by atoms with van der Waals surface area (Å²) in [6.07, 6.45) is -3.91. The lowest BCUT2D eigenvalue weighted by Crippen LogP contribution is -2.64. The normalized spacial score (nSPS) is 24.5. The zero-order valence-electron chi connectivity index (χ0n) is 8.94. The molecule has 0 spiro atoms. The lowest BCUT2D eigenvalue weighted by Gasteiger charge is -2.41. The number of nitrogens with zero attached hydrogens (tertiary/aromatic N) is 2. The van der Waals surface area contributed by atoms with Crippen LogP contribution in [0.5, 0.6) is 0 Å². The van der Waals surface area contributed by atoms with Gasteiger partial charge in [0.05, 0.1) is 13.1 Å². The van der Waals surface area contributed by atoms with Gasteiger partial charge in [-0.25, -0.2) is 14.4 Å². The molecule has 1 heterocycles. The van der Waals surface area contributed by atoms with E-state index in [2.05, 4.69) is 0 Å². The summed E-state index contributed by atoms with van der Waals surface area (Å²) in [5, 5.41) is 26.6. The van der Waals surface area contributed by atoms with Crippen molar-refractivity contribution in [2.45, 2.75) is 12.3 Å². The van der Waals surface area contributed by atoms with Crippen LogP contribution in [-0.2, 0) is 9.53 Å². The molecule has 1 rings (SSSR count). The van der Waals surface area contributed by atoms with Crippen LogP contribution < -0.4 is 0 Å². The van der Waals surface area contributed by atoms with Crippen molar-refractivity contribution in [3.63, 3.8) is 0 Å². The van der Waals surface area contributed by atoms with Crippen LogP contribution in [0.25, 0.3) is 0 Å². The summed E-state index contributed by atoms with van der Waals surface area (Å²) >= 11 is 0. The van der Waals surface area contributed by atoms with Crippen LogP contribution in [0.2, 0.25) is 0 Å². The molecule has 17 heavy (non-hydrogen) atoms. The molecule has 1 aliphatic rings. The summed E-state index contributed by atoms with van der Waals surface area (Å²) in [5.74, 6) is -1.42. The minimum atomic E-state index is -1.47. The lowest BCUT2D eigenvalue weighted by atomic mass is 10.1. The van der Waals surface area contributed by atoms with Crippen molar-refractivity contribution < 1.29 is 34.4 Å². The Hall–Kier alpha value is -2.03. The molecular weight excluding hydrogens is 236 g/mol. The fraction of sp³-hybridized carbons (Fsp3) is 0.625. The number of hydrogen-bond donors (Lipinski definition) is 3. The van der Waals surface area contributed by atoms with E-state index in [0.29, 0.717) is 4.90 Å². The third-order valence-corrected chi connectivity index (χ3v) is 2.46. The van der Waals surface area contributed by atoms with Crippen molar-refractivity contribution in [2.75, 3.05) is 20.2 Å². The van der Waals surface area contributed by atoms with Crippen LogP contribution >= 0.6 is 0 Å². The van der Waals surface area contributed by atoms with E-state index < -0.39 is 37.0 Å². The second-order valence-electron chi connectivity index (χ2n) is 3.42. The Labute approximate surface area is 95.8 Å². The molecule has 0 aliphatic carbocycles. The molecule has 96 valence electrons. The van der Waals surface area contributed by atoms with Gasteiger partial charge in [0.15, 0.2) is 12.3 Å². The standard InChI is InChI=1S/C8H12N2O7/c1-17-5-3-9(7(13)14)2-4(6(11)12)10(5)8(15)16/h4-5H,2-3H2,1H3,(H,11,12)(H,13,14)(H,15,16). The molecule has 1 fully saturated rings. The second-order valence-corrected chi connectivity index (χ2v) is 3.42. The average Bonchev–Trinajstić information content (AvgIpc) is 2.26. The molecule has 0 aromatic rings. The minimum Gasteiger partial charge on any atom is -0.480 e. The quantitative estimate of drug-likeness (QED) is 0.594. The van der Waals surface area contributed by atoms with E-state index in [9.17, 15) is 14.4 Å². The van der Waals surface area contributed by atoms with E-state index in [-0.39, 0.29) is 6.54 Å². The molecule has 9 heteroatoms. The van der Waals surface area contributed by atoms with E-state index in [1.165, 1.54) is 7.11 Å². The first-order valence-corrected chi connectivity index (χ1v) is 4.63. The van der Waals surface area contributed by atoms with Gasteiger partial charge in [-0.2, -0.15) is 0 Å². The van der Waals surface area contributed by atoms with Crippen LogP contribution in [-0.4, -0.2) is 75.7 Å². The van der Waals surface area contributed by atoms with E-state index in [1.807, 2.05) is 0 Å². The first kappa shape index (κ1) is 13.0. The van der Waals surface area contributed by atoms with Gasteiger partial charge in [-0.15, -0.1) is 0 Å². The smallest absolute Gasteiger partial charge is 0.410 e.